The number of aryl methyl sites for hydroxylation is 2. The number of sulfonamides is 1. The summed E-state index contributed by atoms with van der Waals surface area (Å²) >= 11 is 1.24. The lowest BCUT2D eigenvalue weighted by Crippen LogP contribution is -2.30. The summed E-state index contributed by atoms with van der Waals surface area (Å²) in [6.45, 7) is 4.27. The molecule has 0 aliphatic carbocycles. The van der Waals surface area contributed by atoms with Crippen molar-refractivity contribution in [1.82, 2.24) is 14.5 Å². The van der Waals surface area contributed by atoms with Crippen LogP contribution in [0.4, 0.5) is 0 Å². The van der Waals surface area contributed by atoms with E-state index in [-0.39, 0.29) is 16.4 Å². The van der Waals surface area contributed by atoms with Gasteiger partial charge in [0.15, 0.2) is 0 Å². The van der Waals surface area contributed by atoms with Crippen LogP contribution in [0.5, 0.6) is 0 Å². The van der Waals surface area contributed by atoms with Crippen molar-refractivity contribution in [2.45, 2.75) is 57.0 Å². The van der Waals surface area contributed by atoms with E-state index >= 15 is 0 Å². The Morgan fingerprint density at radius 2 is 2.03 bits per heavy atom. The summed E-state index contributed by atoms with van der Waals surface area (Å²) < 4.78 is 25.2. The molecular formula is C22H26N4O4S2. The number of primary sulfonamides is 1. The van der Waals surface area contributed by atoms with Crippen LogP contribution in [0.3, 0.4) is 0 Å². The lowest BCUT2D eigenvalue weighted by Gasteiger charge is -2.25. The topological polar surface area (TPSA) is 115 Å². The third-order valence-corrected chi connectivity index (χ3v) is 8.26. The van der Waals surface area contributed by atoms with Gasteiger partial charge in [-0.1, -0.05) is 18.6 Å². The van der Waals surface area contributed by atoms with E-state index in [0.717, 1.165) is 31.5 Å². The van der Waals surface area contributed by atoms with Gasteiger partial charge in [0.2, 0.25) is 10.0 Å². The normalized spacial score (nSPS) is 15.2. The molecule has 3 aromatic rings. The van der Waals surface area contributed by atoms with Crippen LogP contribution in [-0.2, 0) is 23.0 Å². The van der Waals surface area contributed by atoms with Crippen LogP contribution in [0, 0.1) is 6.92 Å². The first-order chi connectivity index (χ1) is 15.1. The van der Waals surface area contributed by atoms with Gasteiger partial charge in [0.1, 0.15) is 10.7 Å². The van der Waals surface area contributed by atoms with E-state index < -0.39 is 16.1 Å². The number of carbonyl (C=O) groups is 1. The number of carbonyl (C=O) groups excluding carboxylic acids is 1. The molecule has 0 bridgehead atoms. The number of amides is 1. The molecule has 4 rings (SSSR count). The maximum Gasteiger partial charge on any atom is 0.264 e. The Bertz CT molecular complexity index is 1370. The van der Waals surface area contributed by atoms with Gasteiger partial charge < -0.3 is 4.90 Å². The number of aromatic nitrogens is 2. The monoisotopic (exact) mass is 474 g/mol. The van der Waals surface area contributed by atoms with Crippen LogP contribution in [0.2, 0.25) is 0 Å². The summed E-state index contributed by atoms with van der Waals surface area (Å²) in [6, 6.07) is 5.86. The first-order valence-corrected chi connectivity index (χ1v) is 12.9. The molecule has 0 saturated carbocycles. The smallest absolute Gasteiger partial charge is 0.264 e. The Morgan fingerprint density at radius 3 is 2.75 bits per heavy atom. The average molecular weight is 475 g/mol. The summed E-state index contributed by atoms with van der Waals surface area (Å²) in [5.74, 6) is 0.556. The molecule has 170 valence electrons. The summed E-state index contributed by atoms with van der Waals surface area (Å²) in [5.41, 5.74) is 1.22. The molecule has 0 radical (unpaired) electrons. The summed E-state index contributed by atoms with van der Waals surface area (Å²) in [5, 5.41) is 5.76. The van der Waals surface area contributed by atoms with Gasteiger partial charge in [0.05, 0.1) is 21.2 Å². The number of benzene rings is 1. The number of nitrogens with zero attached hydrogens (tertiary/aromatic N) is 3. The molecule has 3 heterocycles. The van der Waals surface area contributed by atoms with Crippen LogP contribution in [0.25, 0.3) is 10.2 Å². The average Bonchev–Trinajstić information content (AvgIpc) is 2.92. The van der Waals surface area contributed by atoms with E-state index in [1.165, 1.54) is 23.5 Å². The predicted octanol–water partition coefficient (Wildman–Crippen LogP) is 2.97. The van der Waals surface area contributed by atoms with E-state index in [1.807, 2.05) is 6.92 Å². The van der Waals surface area contributed by atoms with Crippen molar-refractivity contribution in [1.29, 1.82) is 0 Å². The Morgan fingerprint density at radius 1 is 1.28 bits per heavy atom. The molecule has 32 heavy (non-hydrogen) atoms. The Hall–Kier alpha value is -2.56. The molecule has 1 unspecified atom stereocenters. The fourth-order valence-electron chi connectivity index (χ4n) is 4.12. The Kier molecular flexibility index (Phi) is 5.95. The summed E-state index contributed by atoms with van der Waals surface area (Å²) in [7, 11) is -2.18. The highest BCUT2D eigenvalue weighted by atomic mass is 32.2. The lowest BCUT2D eigenvalue weighted by atomic mass is 10.1. The minimum atomic E-state index is -3.84. The Balaban J connectivity index is 1.71. The van der Waals surface area contributed by atoms with Gasteiger partial charge >= 0.3 is 0 Å². The highest BCUT2D eigenvalue weighted by Crippen LogP contribution is 2.31. The Labute approximate surface area is 190 Å². The highest BCUT2D eigenvalue weighted by molar-refractivity contribution is 7.89. The third kappa shape index (κ3) is 3.98. The number of hydrogen-bond acceptors (Lipinski definition) is 6. The van der Waals surface area contributed by atoms with Gasteiger partial charge in [-0.25, -0.2) is 18.5 Å². The highest BCUT2D eigenvalue weighted by Gasteiger charge is 2.26. The van der Waals surface area contributed by atoms with Crippen molar-refractivity contribution >= 4 is 37.5 Å². The van der Waals surface area contributed by atoms with Crippen LogP contribution >= 0.6 is 11.3 Å². The molecule has 8 nitrogen and oxygen atoms in total. The van der Waals surface area contributed by atoms with Crippen molar-refractivity contribution in [3.05, 3.63) is 56.4 Å². The molecule has 1 aliphatic rings. The fraction of sp³-hybridized carbons (Fsp3) is 0.409. The van der Waals surface area contributed by atoms with Gasteiger partial charge in [-0.05, 0) is 49.9 Å². The molecule has 1 amide bonds. The number of thiophene rings is 1. The molecule has 2 aromatic heterocycles. The zero-order valence-electron chi connectivity index (χ0n) is 18.3. The van der Waals surface area contributed by atoms with Crippen molar-refractivity contribution in [3.8, 4) is 0 Å². The van der Waals surface area contributed by atoms with E-state index in [9.17, 15) is 18.0 Å². The second kappa shape index (κ2) is 8.42. The predicted molar refractivity (Wildman–Crippen MR) is 124 cm³/mol. The van der Waals surface area contributed by atoms with Gasteiger partial charge in [-0.15, -0.1) is 11.3 Å². The largest absolute Gasteiger partial charge is 0.334 e. The molecular weight excluding hydrogens is 448 g/mol. The molecule has 1 aromatic carbocycles. The lowest BCUT2D eigenvalue weighted by molar-refractivity contribution is 0.0747. The number of rotatable bonds is 4. The molecule has 0 fully saturated rings. The first kappa shape index (κ1) is 22.6. The summed E-state index contributed by atoms with van der Waals surface area (Å²) in [4.78, 5) is 33.9. The zero-order valence-corrected chi connectivity index (χ0v) is 19.9. The standard InChI is InChI=1S/C22H26N4O4S2/c1-13-18-20(24-17-10-5-4-6-11-26(17)21(18)27)31-19(13)22(28)25(3)14(2)15-8-7-9-16(12-15)32(23,29)30/h7-9,12,14H,4-6,10-11H2,1-3H3,(H2,23,29,30). The third-order valence-electron chi connectivity index (χ3n) is 6.18. The maximum atomic E-state index is 13.4. The molecule has 2 N–H and O–H groups in total. The van der Waals surface area contributed by atoms with Crippen LogP contribution < -0.4 is 10.7 Å². The van der Waals surface area contributed by atoms with Gasteiger partial charge in [-0.2, -0.15) is 0 Å². The quantitative estimate of drug-likeness (QED) is 0.624. The number of hydrogen-bond donors (Lipinski definition) is 1. The second-order valence-corrected chi connectivity index (χ2v) is 10.8. The number of nitrogens with two attached hydrogens (primary N) is 1. The molecule has 1 atom stereocenters. The maximum absolute atomic E-state index is 13.4. The van der Waals surface area contributed by atoms with E-state index in [1.54, 1.807) is 35.6 Å². The van der Waals surface area contributed by atoms with Crippen molar-refractivity contribution in [2.24, 2.45) is 5.14 Å². The molecule has 1 aliphatic heterocycles. The molecule has 10 heteroatoms. The van der Waals surface area contributed by atoms with E-state index in [0.29, 0.717) is 32.8 Å². The van der Waals surface area contributed by atoms with Crippen LogP contribution in [0.1, 0.15) is 58.9 Å². The van der Waals surface area contributed by atoms with Gasteiger partial charge in [0, 0.05) is 20.0 Å². The first-order valence-electron chi connectivity index (χ1n) is 10.5. The van der Waals surface area contributed by atoms with Gasteiger partial charge in [-0.3, -0.25) is 14.2 Å². The van der Waals surface area contributed by atoms with E-state index in [2.05, 4.69) is 0 Å². The van der Waals surface area contributed by atoms with Crippen molar-refractivity contribution in [2.75, 3.05) is 7.05 Å². The zero-order chi connectivity index (χ0) is 23.2. The minimum absolute atomic E-state index is 0.000498. The van der Waals surface area contributed by atoms with Crippen molar-refractivity contribution < 1.29 is 13.2 Å². The molecule has 0 saturated heterocycles. The van der Waals surface area contributed by atoms with Crippen LogP contribution in [-0.4, -0.2) is 35.8 Å². The van der Waals surface area contributed by atoms with E-state index in [4.69, 9.17) is 10.1 Å². The van der Waals surface area contributed by atoms with Crippen LogP contribution in [0.15, 0.2) is 34.0 Å². The molecule has 0 spiro atoms. The minimum Gasteiger partial charge on any atom is -0.334 e. The SMILES string of the molecule is Cc1c(C(=O)N(C)C(C)c2cccc(S(N)(=O)=O)c2)sc2nc3n(c(=O)c12)CCCCC3. The second-order valence-electron chi connectivity index (χ2n) is 8.24. The van der Waals surface area contributed by atoms with Gasteiger partial charge in [0.25, 0.3) is 11.5 Å². The fourth-order valence-corrected chi connectivity index (χ4v) is 5.87. The number of fused-ring (bicyclic) bond motifs is 2. The summed E-state index contributed by atoms with van der Waals surface area (Å²) in [6.07, 6.45) is 3.80. The van der Waals surface area contributed by atoms with Crippen molar-refractivity contribution in [3.63, 3.8) is 0 Å².